The Hall–Kier alpha value is -0.290. The second-order valence-corrected chi connectivity index (χ2v) is 3.64. The van der Waals surface area contributed by atoms with Gasteiger partial charge in [0.05, 0.1) is 6.10 Å². The molecule has 0 rings (SSSR count). The molecule has 0 fully saturated rings. The van der Waals surface area contributed by atoms with E-state index in [0.717, 1.165) is 6.54 Å². The van der Waals surface area contributed by atoms with Gasteiger partial charge in [0.2, 0.25) is 0 Å². The maximum Gasteiger partial charge on any atom is 0.389 e. The van der Waals surface area contributed by atoms with Crippen LogP contribution in [0.3, 0.4) is 0 Å². The summed E-state index contributed by atoms with van der Waals surface area (Å²) in [5.41, 5.74) is 0. The molecule has 5 heteroatoms. The topological polar surface area (TPSA) is 21.3 Å². The summed E-state index contributed by atoms with van der Waals surface area (Å²) in [4.78, 5) is 0. The molecule has 0 saturated heterocycles. The molecule has 0 aliphatic rings. The summed E-state index contributed by atoms with van der Waals surface area (Å²) in [6, 6.07) is 0.167. The van der Waals surface area contributed by atoms with Gasteiger partial charge in [0.15, 0.2) is 0 Å². The van der Waals surface area contributed by atoms with Crippen molar-refractivity contribution in [2.75, 3.05) is 13.2 Å². The predicted octanol–water partition coefficient (Wildman–Crippen LogP) is 2.73. The van der Waals surface area contributed by atoms with E-state index in [-0.39, 0.29) is 25.2 Å². The van der Waals surface area contributed by atoms with Crippen LogP contribution in [0, 0.1) is 0 Å². The highest BCUT2D eigenvalue weighted by atomic mass is 19.4. The van der Waals surface area contributed by atoms with Crippen molar-refractivity contribution in [1.82, 2.24) is 5.32 Å². The Labute approximate surface area is 89.2 Å². The summed E-state index contributed by atoms with van der Waals surface area (Å²) >= 11 is 0. The minimum Gasteiger partial charge on any atom is -0.377 e. The summed E-state index contributed by atoms with van der Waals surface area (Å²) in [5.74, 6) is 0. The number of rotatable bonds is 7. The zero-order chi connectivity index (χ0) is 11.9. The molecule has 0 aliphatic carbocycles. The SMILES string of the molecule is CCNC(C)C(C)OCCCC(F)(F)F. The van der Waals surface area contributed by atoms with Gasteiger partial charge >= 0.3 is 6.18 Å². The Morgan fingerprint density at radius 3 is 2.33 bits per heavy atom. The standard InChI is InChI=1S/C10H20F3NO/c1-4-14-8(2)9(3)15-7-5-6-10(11,12)13/h8-9,14H,4-7H2,1-3H3. The maximum atomic E-state index is 11.8. The normalized spacial score (nSPS) is 16.4. The molecular formula is C10H20F3NO. The van der Waals surface area contributed by atoms with E-state index >= 15 is 0 Å². The van der Waals surface area contributed by atoms with Gasteiger partial charge in [-0.1, -0.05) is 6.92 Å². The molecule has 0 radical (unpaired) electrons. The zero-order valence-corrected chi connectivity index (χ0v) is 9.53. The highest BCUT2D eigenvalue weighted by molar-refractivity contribution is 4.67. The maximum absolute atomic E-state index is 11.8. The lowest BCUT2D eigenvalue weighted by Crippen LogP contribution is -2.37. The van der Waals surface area contributed by atoms with Crippen LogP contribution in [0.25, 0.3) is 0 Å². The first-order chi connectivity index (χ1) is 6.87. The number of halogens is 3. The first-order valence-electron chi connectivity index (χ1n) is 5.28. The van der Waals surface area contributed by atoms with E-state index in [0.29, 0.717) is 0 Å². The van der Waals surface area contributed by atoms with E-state index in [1.54, 1.807) is 0 Å². The molecule has 2 unspecified atom stereocenters. The molecule has 0 aromatic heterocycles. The quantitative estimate of drug-likeness (QED) is 0.675. The van der Waals surface area contributed by atoms with Crippen molar-refractivity contribution in [3.8, 4) is 0 Å². The average molecular weight is 227 g/mol. The molecule has 15 heavy (non-hydrogen) atoms. The van der Waals surface area contributed by atoms with Crippen LogP contribution in [0.2, 0.25) is 0 Å². The van der Waals surface area contributed by atoms with Crippen LogP contribution in [0.15, 0.2) is 0 Å². The minimum absolute atomic E-state index is 0.0344. The second kappa shape index (κ2) is 7.06. The Bertz CT molecular complexity index is 161. The molecule has 0 amide bonds. The summed E-state index contributed by atoms with van der Waals surface area (Å²) in [6.45, 7) is 6.79. The van der Waals surface area contributed by atoms with E-state index in [1.165, 1.54) is 0 Å². The Kier molecular flexibility index (Phi) is 6.92. The van der Waals surface area contributed by atoms with Crippen molar-refractivity contribution in [3.05, 3.63) is 0 Å². The van der Waals surface area contributed by atoms with Gasteiger partial charge in [-0.25, -0.2) is 0 Å². The third kappa shape index (κ3) is 8.69. The fourth-order valence-electron chi connectivity index (χ4n) is 1.17. The monoisotopic (exact) mass is 227 g/mol. The van der Waals surface area contributed by atoms with E-state index in [4.69, 9.17) is 4.74 Å². The number of hydrogen-bond acceptors (Lipinski definition) is 2. The number of likely N-dealkylation sites (N-methyl/N-ethyl adjacent to an activating group) is 1. The average Bonchev–Trinajstić information content (AvgIpc) is 2.11. The number of nitrogens with one attached hydrogen (secondary N) is 1. The Balaban J connectivity index is 3.50. The van der Waals surface area contributed by atoms with Crippen LogP contribution in [0.4, 0.5) is 13.2 Å². The van der Waals surface area contributed by atoms with Gasteiger partial charge in [-0.15, -0.1) is 0 Å². The van der Waals surface area contributed by atoms with Gasteiger partial charge in [-0.3, -0.25) is 0 Å². The van der Waals surface area contributed by atoms with Gasteiger partial charge in [0.1, 0.15) is 0 Å². The van der Waals surface area contributed by atoms with Gasteiger partial charge in [0.25, 0.3) is 0 Å². The lowest BCUT2D eigenvalue weighted by Gasteiger charge is -2.21. The Morgan fingerprint density at radius 2 is 1.87 bits per heavy atom. The zero-order valence-electron chi connectivity index (χ0n) is 9.53. The first kappa shape index (κ1) is 14.7. The molecule has 0 aromatic carbocycles. The molecule has 0 spiro atoms. The second-order valence-electron chi connectivity index (χ2n) is 3.64. The molecule has 0 aromatic rings. The van der Waals surface area contributed by atoms with Crippen molar-refractivity contribution in [3.63, 3.8) is 0 Å². The fourth-order valence-corrected chi connectivity index (χ4v) is 1.17. The van der Waals surface area contributed by atoms with Crippen LogP contribution in [-0.4, -0.2) is 31.5 Å². The van der Waals surface area contributed by atoms with Crippen molar-refractivity contribution in [2.24, 2.45) is 0 Å². The van der Waals surface area contributed by atoms with Gasteiger partial charge in [-0.05, 0) is 26.8 Å². The largest absolute Gasteiger partial charge is 0.389 e. The predicted molar refractivity (Wildman–Crippen MR) is 53.8 cm³/mol. The molecule has 2 nitrogen and oxygen atoms in total. The molecule has 92 valence electrons. The van der Waals surface area contributed by atoms with Crippen LogP contribution < -0.4 is 5.32 Å². The van der Waals surface area contributed by atoms with Crippen molar-refractivity contribution < 1.29 is 17.9 Å². The number of alkyl halides is 3. The molecular weight excluding hydrogens is 207 g/mol. The van der Waals surface area contributed by atoms with E-state index in [2.05, 4.69) is 5.32 Å². The minimum atomic E-state index is -4.07. The molecule has 0 aliphatic heterocycles. The lowest BCUT2D eigenvalue weighted by molar-refractivity contribution is -0.139. The van der Waals surface area contributed by atoms with Gasteiger partial charge in [0, 0.05) is 19.1 Å². The van der Waals surface area contributed by atoms with Crippen LogP contribution in [-0.2, 0) is 4.74 Å². The number of ether oxygens (including phenoxy) is 1. The highest BCUT2D eigenvalue weighted by Crippen LogP contribution is 2.21. The fraction of sp³-hybridized carbons (Fsp3) is 1.00. The van der Waals surface area contributed by atoms with E-state index in [9.17, 15) is 13.2 Å². The van der Waals surface area contributed by atoms with Crippen LogP contribution in [0.5, 0.6) is 0 Å². The summed E-state index contributed by atoms with van der Waals surface area (Å²) in [6.07, 6.45) is -4.86. The highest BCUT2D eigenvalue weighted by Gasteiger charge is 2.26. The summed E-state index contributed by atoms with van der Waals surface area (Å²) < 4.78 is 40.7. The Morgan fingerprint density at radius 1 is 1.27 bits per heavy atom. The van der Waals surface area contributed by atoms with Gasteiger partial charge in [-0.2, -0.15) is 13.2 Å². The van der Waals surface area contributed by atoms with Crippen molar-refractivity contribution in [2.45, 2.75) is 51.9 Å². The third-order valence-electron chi connectivity index (χ3n) is 2.22. The summed E-state index contributed by atoms with van der Waals surface area (Å²) in [5, 5.41) is 3.16. The van der Waals surface area contributed by atoms with Crippen molar-refractivity contribution >= 4 is 0 Å². The molecule has 1 N–H and O–H groups in total. The molecule has 0 heterocycles. The molecule has 0 bridgehead atoms. The summed E-state index contributed by atoms with van der Waals surface area (Å²) in [7, 11) is 0. The van der Waals surface area contributed by atoms with Crippen LogP contribution >= 0.6 is 0 Å². The van der Waals surface area contributed by atoms with Gasteiger partial charge < -0.3 is 10.1 Å². The lowest BCUT2D eigenvalue weighted by atomic mass is 10.2. The van der Waals surface area contributed by atoms with E-state index < -0.39 is 12.6 Å². The molecule has 2 atom stereocenters. The van der Waals surface area contributed by atoms with E-state index in [1.807, 2.05) is 20.8 Å². The van der Waals surface area contributed by atoms with Crippen LogP contribution in [0.1, 0.15) is 33.6 Å². The third-order valence-corrected chi connectivity index (χ3v) is 2.22. The smallest absolute Gasteiger partial charge is 0.377 e. The molecule has 0 saturated carbocycles. The van der Waals surface area contributed by atoms with Crippen molar-refractivity contribution in [1.29, 1.82) is 0 Å². The number of hydrogen-bond donors (Lipinski definition) is 1. The first-order valence-corrected chi connectivity index (χ1v) is 5.28.